The van der Waals surface area contributed by atoms with Crippen LogP contribution in [-0.4, -0.2) is 33.5 Å². The van der Waals surface area contributed by atoms with Crippen molar-refractivity contribution in [2.24, 2.45) is 5.92 Å². The van der Waals surface area contributed by atoms with Gasteiger partial charge >= 0.3 is 0 Å². The predicted octanol–water partition coefficient (Wildman–Crippen LogP) is 3.36. The second kappa shape index (κ2) is 9.24. The summed E-state index contributed by atoms with van der Waals surface area (Å²) in [4.78, 5) is 12.1. The molecule has 0 radical (unpaired) electrons. The Labute approximate surface area is 177 Å². The third kappa shape index (κ3) is 5.06. The van der Waals surface area contributed by atoms with Gasteiger partial charge in [-0.15, -0.1) is 0 Å². The van der Waals surface area contributed by atoms with Gasteiger partial charge < -0.3 is 10.6 Å². The molecule has 0 aromatic heterocycles. The van der Waals surface area contributed by atoms with Gasteiger partial charge in [-0.2, -0.15) is 0 Å². The van der Waals surface area contributed by atoms with E-state index in [9.17, 15) is 17.6 Å². The second-order valence-corrected chi connectivity index (χ2v) is 9.55. The standard InChI is InChI=1S/C22H28FN3O3S/c1-14-6-4-5-7-18(14)22(27)25-20-13-19(23)21(12-15(20)2)30(28,29)26-16(3)17-8-10-24-11-9-17/h4-7,12-13,16-17,24,26H,8-11H2,1-3H3,(H,25,27)/t16-/m1/s1. The van der Waals surface area contributed by atoms with E-state index in [0.29, 0.717) is 11.1 Å². The summed E-state index contributed by atoms with van der Waals surface area (Å²) < 4.78 is 43.0. The molecule has 2 aromatic rings. The number of benzene rings is 2. The number of piperidine rings is 1. The normalized spacial score (nSPS) is 16.3. The highest BCUT2D eigenvalue weighted by Crippen LogP contribution is 2.26. The lowest BCUT2D eigenvalue weighted by Gasteiger charge is -2.28. The van der Waals surface area contributed by atoms with Gasteiger partial charge in [0.05, 0.1) is 0 Å². The molecular weight excluding hydrogens is 405 g/mol. The van der Waals surface area contributed by atoms with Crippen LogP contribution >= 0.6 is 0 Å². The van der Waals surface area contributed by atoms with E-state index in [0.717, 1.165) is 37.6 Å². The van der Waals surface area contributed by atoms with Crippen LogP contribution in [0.25, 0.3) is 0 Å². The maximum atomic E-state index is 14.8. The number of sulfonamides is 1. The molecule has 0 saturated carbocycles. The second-order valence-electron chi connectivity index (χ2n) is 7.86. The van der Waals surface area contributed by atoms with Gasteiger partial charge in [0.2, 0.25) is 10.0 Å². The fourth-order valence-electron chi connectivity index (χ4n) is 3.76. The molecule has 1 heterocycles. The van der Waals surface area contributed by atoms with Crippen LogP contribution in [0.1, 0.15) is 41.3 Å². The first-order valence-corrected chi connectivity index (χ1v) is 11.6. The van der Waals surface area contributed by atoms with Crippen molar-refractivity contribution in [3.63, 3.8) is 0 Å². The maximum Gasteiger partial charge on any atom is 0.255 e. The van der Waals surface area contributed by atoms with Crippen LogP contribution < -0.4 is 15.4 Å². The van der Waals surface area contributed by atoms with Gasteiger partial charge in [0, 0.05) is 17.3 Å². The molecule has 3 N–H and O–H groups in total. The number of carbonyl (C=O) groups excluding carboxylic acids is 1. The summed E-state index contributed by atoms with van der Waals surface area (Å²) >= 11 is 0. The van der Waals surface area contributed by atoms with E-state index in [2.05, 4.69) is 15.4 Å². The smallest absolute Gasteiger partial charge is 0.255 e. The summed E-state index contributed by atoms with van der Waals surface area (Å²) in [7, 11) is -4.02. The van der Waals surface area contributed by atoms with E-state index in [4.69, 9.17) is 0 Å². The lowest BCUT2D eigenvalue weighted by atomic mass is 9.92. The molecule has 0 unspecified atom stereocenters. The summed E-state index contributed by atoms with van der Waals surface area (Å²) in [5.74, 6) is -1.06. The van der Waals surface area contributed by atoms with Crippen LogP contribution in [0.4, 0.5) is 10.1 Å². The molecule has 3 rings (SSSR count). The number of carbonyl (C=O) groups is 1. The Morgan fingerprint density at radius 2 is 1.80 bits per heavy atom. The Morgan fingerprint density at radius 1 is 1.13 bits per heavy atom. The highest BCUT2D eigenvalue weighted by Gasteiger charge is 2.27. The molecule has 0 bridgehead atoms. The van der Waals surface area contributed by atoms with Crippen molar-refractivity contribution in [3.05, 3.63) is 58.9 Å². The summed E-state index contributed by atoms with van der Waals surface area (Å²) in [5, 5.41) is 5.92. The molecule has 1 fully saturated rings. The molecule has 1 aliphatic heterocycles. The first kappa shape index (κ1) is 22.4. The lowest BCUT2D eigenvalue weighted by molar-refractivity contribution is 0.102. The summed E-state index contributed by atoms with van der Waals surface area (Å²) in [6.07, 6.45) is 1.74. The molecule has 1 amide bonds. The third-order valence-corrected chi connectivity index (χ3v) is 7.21. The van der Waals surface area contributed by atoms with Crippen LogP contribution in [0, 0.1) is 25.6 Å². The van der Waals surface area contributed by atoms with Crippen molar-refractivity contribution >= 4 is 21.6 Å². The van der Waals surface area contributed by atoms with Crippen LogP contribution in [0.2, 0.25) is 0 Å². The minimum Gasteiger partial charge on any atom is -0.322 e. The number of amides is 1. The van der Waals surface area contributed by atoms with Crippen molar-refractivity contribution in [1.82, 2.24) is 10.0 Å². The first-order chi connectivity index (χ1) is 14.2. The van der Waals surface area contributed by atoms with E-state index in [1.807, 2.05) is 26.0 Å². The monoisotopic (exact) mass is 433 g/mol. The van der Waals surface area contributed by atoms with Crippen LogP contribution in [0.5, 0.6) is 0 Å². The van der Waals surface area contributed by atoms with Gasteiger partial charge in [-0.3, -0.25) is 4.79 Å². The average molecular weight is 434 g/mol. The van der Waals surface area contributed by atoms with E-state index in [-0.39, 0.29) is 23.6 Å². The molecule has 30 heavy (non-hydrogen) atoms. The highest BCUT2D eigenvalue weighted by atomic mass is 32.2. The number of anilines is 1. The van der Waals surface area contributed by atoms with Gasteiger partial charge in [-0.25, -0.2) is 17.5 Å². The van der Waals surface area contributed by atoms with Gasteiger partial charge in [0.25, 0.3) is 5.91 Å². The van der Waals surface area contributed by atoms with Crippen LogP contribution in [-0.2, 0) is 10.0 Å². The molecular formula is C22H28FN3O3S. The van der Waals surface area contributed by atoms with Crippen molar-refractivity contribution in [3.8, 4) is 0 Å². The molecule has 8 heteroatoms. The number of hydrogen-bond acceptors (Lipinski definition) is 4. The quantitative estimate of drug-likeness (QED) is 0.652. The Balaban J connectivity index is 1.79. The largest absolute Gasteiger partial charge is 0.322 e. The Morgan fingerprint density at radius 3 is 2.47 bits per heavy atom. The molecule has 1 aliphatic rings. The van der Waals surface area contributed by atoms with Crippen molar-refractivity contribution in [2.45, 2.75) is 44.6 Å². The molecule has 1 saturated heterocycles. The third-order valence-electron chi connectivity index (χ3n) is 5.64. The number of rotatable bonds is 6. The Hall–Kier alpha value is -2.29. The Bertz CT molecular complexity index is 1030. The zero-order valence-electron chi connectivity index (χ0n) is 17.5. The van der Waals surface area contributed by atoms with E-state index in [1.165, 1.54) is 6.07 Å². The lowest BCUT2D eigenvalue weighted by Crippen LogP contribution is -2.42. The van der Waals surface area contributed by atoms with Crippen LogP contribution in [0.15, 0.2) is 41.3 Å². The number of nitrogens with one attached hydrogen (secondary N) is 3. The predicted molar refractivity (Wildman–Crippen MR) is 116 cm³/mol. The molecule has 1 atom stereocenters. The van der Waals surface area contributed by atoms with Crippen molar-refractivity contribution < 1.29 is 17.6 Å². The SMILES string of the molecule is Cc1cc(S(=O)(=O)N[C@H](C)C2CCNCC2)c(F)cc1NC(=O)c1ccccc1C. The minimum atomic E-state index is -4.02. The van der Waals surface area contributed by atoms with Crippen molar-refractivity contribution in [2.75, 3.05) is 18.4 Å². The molecule has 0 spiro atoms. The molecule has 2 aromatic carbocycles. The van der Waals surface area contributed by atoms with Gasteiger partial charge in [-0.1, -0.05) is 18.2 Å². The first-order valence-electron chi connectivity index (χ1n) is 10.1. The van der Waals surface area contributed by atoms with Gasteiger partial charge in [-0.05, 0) is 81.9 Å². The fourth-order valence-corrected chi connectivity index (χ4v) is 5.22. The van der Waals surface area contributed by atoms with E-state index >= 15 is 0 Å². The number of hydrogen-bond donors (Lipinski definition) is 3. The maximum absolute atomic E-state index is 14.8. The van der Waals surface area contributed by atoms with E-state index < -0.39 is 20.7 Å². The Kier molecular flexibility index (Phi) is 6.90. The zero-order valence-corrected chi connectivity index (χ0v) is 18.3. The minimum absolute atomic E-state index is 0.206. The summed E-state index contributed by atoms with van der Waals surface area (Å²) in [6, 6.07) is 9.11. The highest BCUT2D eigenvalue weighted by molar-refractivity contribution is 7.89. The zero-order chi connectivity index (χ0) is 21.9. The molecule has 6 nitrogen and oxygen atoms in total. The van der Waals surface area contributed by atoms with E-state index in [1.54, 1.807) is 19.1 Å². The van der Waals surface area contributed by atoms with Crippen LogP contribution in [0.3, 0.4) is 0 Å². The topological polar surface area (TPSA) is 87.3 Å². The molecule has 162 valence electrons. The summed E-state index contributed by atoms with van der Waals surface area (Å²) in [6.45, 7) is 6.96. The number of halogens is 1. The summed E-state index contributed by atoms with van der Waals surface area (Å²) in [5.41, 5.74) is 1.98. The van der Waals surface area contributed by atoms with Crippen molar-refractivity contribution in [1.29, 1.82) is 0 Å². The average Bonchev–Trinajstić information content (AvgIpc) is 2.71. The van der Waals surface area contributed by atoms with Gasteiger partial charge in [0.15, 0.2) is 0 Å². The molecule has 0 aliphatic carbocycles. The van der Waals surface area contributed by atoms with Gasteiger partial charge in [0.1, 0.15) is 10.7 Å². The number of aryl methyl sites for hydroxylation is 2. The fraction of sp³-hybridized carbons (Fsp3) is 0.409.